The lowest BCUT2D eigenvalue weighted by Gasteiger charge is -2.28. The van der Waals surface area contributed by atoms with Crippen LogP contribution in [0.3, 0.4) is 0 Å². The lowest BCUT2D eigenvalue weighted by atomic mass is 10.1. The van der Waals surface area contributed by atoms with Crippen molar-refractivity contribution in [3.63, 3.8) is 0 Å². The van der Waals surface area contributed by atoms with Crippen LogP contribution in [-0.4, -0.2) is 47.7 Å². The summed E-state index contributed by atoms with van der Waals surface area (Å²) in [6.45, 7) is 1.91. The van der Waals surface area contributed by atoms with Gasteiger partial charge >= 0.3 is 0 Å². The van der Waals surface area contributed by atoms with E-state index in [1.165, 1.54) is 19.8 Å². The van der Waals surface area contributed by atoms with Gasteiger partial charge in [0.25, 0.3) is 0 Å². The van der Waals surface area contributed by atoms with Gasteiger partial charge < -0.3 is 5.32 Å². The average molecular weight is 320 g/mol. The number of anilines is 1. The van der Waals surface area contributed by atoms with Crippen molar-refractivity contribution in [1.82, 2.24) is 4.90 Å². The third-order valence-corrected chi connectivity index (χ3v) is 5.39. The number of benzene rings is 1. The van der Waals surface area contributed by atoms with Crippen molar-refractivity contribution in [2.45, 2.75) is 37.5 Å². The van der Waals surface area contributed by atoms with Gasteiger partial charge in [-0.1, -0.05) is 18.6 Å². The molecule has 0 aromatic heterocycles. The van der Waals surface area contributed by atoms with E-state index in [0.717, 1.165) is 6.42 Å². The topological polar surface area (TPSA) is 49.4 Å². The molecule has 0 radical (unpaired) electrons. The highest BCUT2D eigenvalue weighted by atomic mass is 32.2. The summed E-state index contributed by atoms with van der Waals surface area (Å²) in [5.41, 5.74) is 1.29. The number of hydrogen-bond acceptors (Lipinski definition) is 4. The maximum absolute atomic E-state index is 12.2. The average Bonchev–Trinajstić information content (AvgIpc) is 2.95. The number of nitrogens with zero attached hydrogens (tertiary/aromatic N) is 1. The van der Waals surface area contributed by atoms with Gasteiger partial charge in [-0.3, -0.25) is 14.5 Å². The van der Waals surface area contributed by atoms with E-state index < -0.39 is 0 Å². The molecule has 1 aromatic rings. The molecule has 0 spiro atoms. The fraction of sp³-hybridized carbons (Fsp3) is 0.529. The highest BCUT2D eigenvalue weighted by Crippen LogP contribution is 2.31. The third-order valence-electron chi connectivity index (χ3n) is 4.23. The summed E-state index contributed by atoms with van der Waals surface area (Å²) in [7, 11) is 2.02. The highest BCUT2D eigenvalue weighted by molar-refractivity contribution is 7.99. The second kappa shape index (κ2) is 7.79. The smallest absolute Gasteiger partial charge is 0.238 e. The zero-order valence-corrected chi connectivity index (χ0v) is 14.3. The van der Waals surface area contributed by atoms with Crippen molar-refractivity contribution in [2.75, 3.05) is 25.2 Å². The number of carbonyl (C=O) groups excluding carboxylic acids is 2. The lowest BCUT2D eigenvalue weighted by molar-refractivity contribution is -0.117. The Kier molecular flexibility index (Phi) is 6.03. The van der Waals surface area contributed by atoms with Gasteiger partial charge in [0.2, 0.25) is 5.91 Å². The van der Waals surface area contributed by atoms with Crippen LogP contribution >= 0.6 is 11.8 Å². The van der Waals surface area contributed by atoms with Gasteiger partial charge in [-0.25, -0.2) is 0 Å². The molecular formula is C17H24N2O2S. The van der Waals surface area contributed by atoms with Crippen LogP contribution in [0.5, 0.6) is 0 Å². The Labute approximate surface area is 136 Å². The van der Waals surface area contributed by atoms with E-state index in [9.17, 15) is 9.59 Å². The Morgan fingerprint density at radius 3 is 2.82 bits per heavy atom. The summed E-state index contributed by atoms with van der Waals surface area (Å²) in [5.74, 6) is -0.0306. The van der Waals surface area contributed by atoms with Crippen molar-refractivity contribution in [3.05, 3.63) is 29.8 Å². The number of rotatable bonds is 6. The molecule has 120 valence electrons. The van der Waals surface area contributed by atoms with E-state index in [4.69, 9.17) is 0 Å². The quantitative estimate of drug-likeness (QED) is 0.819. The molecule has 1 fully saturated rings. The second-order valence-corrected chi connectivity index (χ2v) is 6.95. The Morgan fingerprint density at radius 2 is 2.14 bits per heavy atom. The maximum atomic E-state index is 12.2. The van der Waals surface area contributed by atoms with Crippen molar-refractivity contribution in [2.24, 2.45) is 0 Å². The van der Waals surface area contributed by atoms with Crippen molar-refractivity contribution >= 4 is 29.1 Å². The number of ketones is 1. The molecule has 4 nitrogen and oxygen atoms in total. The largest absolute Gasteiger partial charge is 0.325 e. The number of amides is 1. The lowest BCUT2D eigenvalue weighted by Crippen LogP contribution is -2.41. The van der Waals surface area contributed by atoms with E-state index in [-0.39, 0.29) is 11.7 Å². The molecule has 2 unspecified atom stereocenters. The molecule has 0 saturated heterocycles. The summed E-state index contributed by atoms with van der Waals surface area (Å²) in [6, 6.07) is 7.55. The van der Waals surface area contributed by atoms with Gasteiger partial charge in [-0.05, 0) is 45.2 Å². The Balaban J connectivity index is 1.92. The number of thioether (sulfide) groups is 1. The summed E-state index contributed by atoms with van der Waals surface area (Å²) in [4.78, 5) is 25.7. The first-order valence-electron chi connectivity index (χ1n) is 7.65. The van der Waals surface area contributed by atoms with Crippen LogP contribution < -0.4 is 5.32 Å². The molecule has 1 aliphatic carbocycles. The summed E-state index contributed by atoms with van der Waals surface area (Å²) in [6.07, 6.45) is 5.78. The molecule has 22 heavy (non-hydrogen) atoms. The SMILES string of the molecule is CSC1CCCC1N(C)CC(=O)Nc1cccc(C(C)=O)c1. The Hall–Kier alpha value is -1.33. The van der Waals surface area contributed by atoms with E-state index >= 15 is 0 Å². The molecule has 1 amide bonds. The number of carbonyl (C=O) groups is 2. The monoisotopic (exact) mass is 320 g/mol. The summed E-state index contributed by atoms with van der Waals surface area (Å²) < 4.78 is 0. The molecule has 0 aliphatic heterocycles. The van der Waals surface area contributed by atoms with E-state index in [2.05, 4.69) is 16.5 Å². The Morgan fingerprint density at radius 1 is 1.36 bits per heavy atom. The molecule has 2 atom stereocenters. The van der Waals surface area contributed by atoms with Gasteiger partial charge in [-0.2, -0.15) is 11.8 Å². The molecule has 1 N–H and O–H groups in total. The van der Waals surface area contributed by atoms with Crippen LogP contribution in [0, 0.1) is 0 Å². The van der Waals surface area contributed by atoms with E-state index in [1.54, 1.807) is 18.2 Å². The molecule has 0 heterocycles. The minimum absolute atomic E-state index is 0.00184. The van der Waals surface area contributed by atoms with Crippen LogP contribution in [0.2, 0.25) is 0 Å². The molecule has 0 bridgehead atoms. The van der Waals surface area contributed by atoms with Gasteiger partial charge in [-0.15, -0.1) is 0 Å². The number of likely N-dealkylation sites (N-methyl/N-ethyl adjacent to an activating group) is 1. The normalized spacial score (nSPS) is 21.1. The van der Waals surface area contributed by atoms with E-state index in [1.807, 2.05) is 24.9 Å². The summed E-state index contributed by atoms with van der Waals surface area (Å²) in [5, 5.41) is 3.51. The second-order valence-electron chi connectivity index (χ2n) is 5.87. The standard InChI is InChI=1S/C17H24N2O2S/c1-12(20)13-6-4-7-14(10-13)18-17(21)11-19(2)15-8-5-9-16(15)22-3/h4,6-7,10,15-16H,5,8-9,11H2,1-3H3,(H,18,21). The fourth-order valence-electron chi connectivity index (χ4n) is 3.05. The summed E-state index contributed by atoms with van der Waals surface area (Å²) >= 11 is 1.89. The van der Waals surface area contributed by atoms with Crippen molar-refractivity contribution in [1.29, 1.82) is 0 Å². The maximum Gasteiger partial charge on any atom is 0.238 e. The molecule has 2 rings (SSSR count). The first-order chi connectivity index (χ1) is 10.5. The van der Waals surface area contributed by atoms with Crippen LogP contribution in [0.25, 0.3) is 0 Å². The molecule has 1 aliphatic rings. The van der Waals surface area contributed by atoms with Crippen LogP contribution in [0.4, 0.5) is 5.69 Å². The van der Waals surface area contributed by atoms with Gasteiger partial charge in [0, 0.05) is 22.5 Å². The number of hydrogen-bond donors (Lipinski definition) is 1. The fourth-order valence-corrected chi connectivity index (χ4v) is 4.11. The number of Topliss-reactive ketones (excluding diaryl/α,β-unsaturated/α-hetero) is 1. The molecule has 5 heteroatoms. The predicted molar refractivity (Wildman–Crippen MR) is 92.6 cm³/mol. The van der Waals surface area contributed by atoms with Gasteiger partial charge in [0.1, 0.15) is 0 Å². The first-order valence-corrected chi connectivity index (χ1v) is 8.94. The minimum atomic E-state index is -0.0324. The van der Waals surface area contributed by atoms with Crippen LogP contribution in [-0.2, 0) is 4.79 Å². The predicted octanol–water partition coefficient (Wildman–Crippen LogP) is 3.04. The minimum Gasteiger partial charge on any atom is -0.325 e. The van der Waals surface area contributed by atoms with Crippen LogP contribution in [0.1, 0.15) is 36.5 Å². The molecular weight excluding hydrogens is 296 g/mol. The third kappa shape index (κ3) is 4.34. The number of nitrogens with one attached hydrogen (secondary N) is 1. The van der Waals surface area contributed by atoms with E-state index in [0.29, 0.717) is 29.1 Å². The molecule has 1 aromatic carbocycles. The van der Waals surface area contributed by atoms with Crippen molar-refractivity contribution < 1.29 is 9.59 Å². The van der Waals surface area contributed by atoms with Gasteiger partial charge in [0.05, 0.1) is 6.54 Å². The first kappa shape index (κ1) is 17.0. The van der Waals surface area contributed by atoms with Crippen molar-refractivity contribution in [3.8, 4) is 0 Å². The Bertz CT molecular complexity index is 547. The van der Waals surface area contributed by atoms with Crippen LogP contribution in [0.15, 0.2) is 24.3 Å². The molecule has 1 saturated carbocycles. The van der Waals surface area contributed by atoms with Gasteiger partial charge in [0.15, 0.2) is 5.78 Å². The highest BCUT2D eigenvalue weighted by Gasteiger charge is 2.30. The zero-order valence-electron chi connectivity index (χ0n) is 13.5. The zero-order chi connectivity index (χ0) is 16.1.